The van der Waals surface area contributed by atoms with Gasteiger partial charge in [0.05, 0.1) is 36.2 Å². The molecule has 0 saturated carbocycles. The van der Waals surface area contributed by atoms with E-state index in [0.29, 0.717) is 0 Å². The van der Waals surface area contributed by atoms with E-state index in [1.165, 1.54) is 11.1 Å². The Morgan fingerprint density at radius 1 is 0.463 bits per heavy atom. The van der Waals surface area contributed by atoms with Crippen LogP contribution >= 0.6 is 0 Å². The van der Waals surface area contributed by atoms with Gasteiger partial charge in [0.15, 0.2) is 0 Å². The molecule has 240 valence electrons. The fraction of sp³-hybridized carbons (Fsp3) is 0.765. The summed E-state index contributed by atoms with van der Waals surface area (Å²) in [5.41, 5.74) is 2.35. The van der Waals surface area contributed by atoms with E-state index in [1.807, 2.05) is 55.4 Å². The van der Waals surface area contributed by atoms with Gasteiger partial charge in [-0.1, -0.05) is 83.1 Å². The lowest BCUT2D eigenvalue weighted by molar-refractivity contribution is -0.166. The molecule has 0 rings (SSSR count). The van der Waals surface area contributed by atoms with Gasteiger partial charge >= 0.3 is 23.9 Å². The van der Waals surface area contributed by atoms with Gasteiger partial charge in [0.25, 0.3) is 0 Å². The Kier molecular flexibility index (Phi) is 29.1. The maximum absolute atomic E-state index is 11.5. The Morgan fingerprint density at radius 3 is 0.927 bits per heavy atom. The van der Waals surface area contributed by atoms with Crippen LogP contribution in [0.4, 0.5) is 0 Å². The largest absolute Gasteiger partial charge is 0.434 e. The minimum atomic E-state index is -0.364. The van der Waals surface area contributed by atoms with E-state index in [9.17, 15) is 19.2 Å². The Hall–Kier alpha value is -2.44. The van der Waals surface area contributed by atoms with Crippen LogP contribution in [-0.4, -0.2) is 23.9 Å². The van der Waals surface area contributed by atoms with Crippen LogP contribution in [0.2, 0.25) is 0 Å². The summed E-state index contributed by atoms with van der Waals surface area (Å²) in [4.78, 5) is 45.5. The highest BCUT2D eigenvalue weighted by Gasteiger charge is 2.23. The lowest BCUT2D eigenvalue weighted by Crippen LogP contribution is -2.25. The molecule has 0 N–H and O–H groups in total. The summed E-state index contributed by atoms with van der Waals surface area (Å²) >= 11 is 0. The van der Waals surface area contributed by atoms with Crippen LogP contribution in [0.1, 0.15) is 147 Å². The molecule has 2 atom stereocenters. The zero-order chi connectivity index (χ0) is 32.4. The van der Waals surface area contributed by atoms with E-state index in [-0.39, 0.29) is 47.5 Å². The highest BCUT2D eigenvalue weighted by molar-refractivity contribution is 5.87. The Labute approximate surface area is 251 Å². The quantitative estimate of drug-likeness (QED) is 0.0773. The van der Waals surface area contributed by atoms with Crippen LogP contribution in [0.15, 0.2) is 23.7 Å². The first-order valence-corrected chi connectivity index (χ1v) is 15.9. The van der Waals surface area contributed by atoms with Gasteiger partial charge in [0.1, 0.15) is 0 Å². The summed E-state index contributed by atoms with van der Waals surface area (Å²) in [5.74, 6) is -1.23. The van der Waals surface area contributed by atoms with Crippen LogP contribution < -0.4 is 0 Å². The minimum absolute atomic E-state index is 0.00575. The first-order chi connectivity index (χ1) is 19.4. The topological polar surface area (TPSA) is 96.0 Å². The van der Waals surface area contributed by atoms with Gasteiger partial charge < -0.3 is 14.2 Å². The van der Waals surface area contributed by atoms with Crippen molar-refractivity contribution in [2.75, 3.05) is 0 Å². The van der Waals surface area contributed by atoms with Crippen LogP contribution in [-0.2, 0) is 33.4 Å². The summed E-state index contributed by atoms with van der Waals surface area (Å²) in [6.45, 7) is 23.7. The van der Waals surface area contributed by atoms with Crippen molar-refractivity contribution in [3.8, 4) is 0 Å². The van der Waals surface area contributed by atoms with Crippen molar-refractivity contribution in [2.24, 2.45) is 23.7 Å². The minimum Gasteiger partial charge on any atom is -0.434 e. The van der Waals surface area contributed by atoms with Gasteiger partial charge in [-0.25, -0.2) is 0 Å². The molecular weight excluding hydrogens is 520 g/mol. The summed E-state index contributed by atoms with van der Waals surface area (Å²) in [7, 11) is 0. The van der Waals surface area contributed by atoms with E-state index in [4.69, 9.17) is 14.2 Å². The lowest BCUT2D eigenvalue weighted by Gasteiger charge is -2.14. The van der Waals surface area contributed by atoms with Crippen molar-refractivity contribution in [3.05, 3.63) is 23.7 Å². The molecule has 0 fully saturated rings. The zero-order valence-corrected chi connectivity index (χ0v) is 28.4. The number of hydrogen-bond acceptors (Lipinski definition) is 7. The van der Waals surface area contributed by atoms with Crippen LogP contribution in [0, 0.1) is 23.7 Å². The predicted octanol–water partition coefficient (Wildman–Crippen LogP) is 9.49. The van der Waals surface area contributed by atoms with Crippen LogP contribution in [0.25, 0.3) is 0 Å². The first kappa shape index (κ1) is 43.0. The molecule has 0 aromatic heterocycles. The molecular formula is C34H62O7. The number of hydrogen-bond donors (Lipinski definition) is 0. The van der Waals surface area contributed by atoms with Gasteiger partial charge in [-0.2, -0.15) is 0 Å². The normalized spacial score (nSPS) is 11.6. The monoisotopic (exact) mass is 582 g/mol. The number of carbonyl (C=O) groups is 4. The number of carbonyl (C=O) groups excluding carboxylic acids is 4. The molecule has 2 unspecified atom stereocenters. The van der Waals surface area contributed by atoms with Crippen molar-refractivity contribution < 1.29 is 33.4 Å². The first-order valence-electron chi connectivity index (χ1n) is 15.9. The fourth-order valence-electron chi connectivity index (χ4n) is 3.19. The third-order valence-corrected chi connectivity index (χ3v) is 7.37. The molecule has 41 heavy (non-hydrogen) atoms. The number of rotatable bonds is 16. The molecule has 0 aliphatic rings. The van der Waals surface area contributed by atoms with Crippen molar-refractivity contribution in [2.45, 2.75) is 147 Å². The third-order valence-electron chi connectivity index (χ3n) is 7.37. The van der Waals surface area contributed by atoms with Gasteiger partial charge in [0, 0.05) is 0 Å². The standard InChI is InChI=1S/C12H22O3.2C11H20O2/c1-5-9(6-2)11(13)15-12(14)10(7-3)8-4;2*1-5-9(4)11(12)13-8-10(6-2)7-3/h9-10H,5-8H2,1-4H3;2*8-9H,5-7H2,1-4H3. The summed E-state index contributed by atoms with van der Waals surface area (Å²) in [6.07, 6.45) is 11.6. The smallest absolute Gasteiger partial charge is 0.316 e. The molecule has 0 amide bonds. The van der Waals surface area contributed by atoms with E-state index >= 15 is 0 Å². The molecule has 0 aliphatic heterocycles. The molecule has 0 spiro atoms. The second-order valence-electron chi connectivity index (χ2n) is 10.2. The molecule has 0 saturated heterocycles. The average molecular weight is 583 g/mol. The van der Waals surface area contributed by atoms with Gasteiger partial charge in [-0.3, -0.25) is 19.2 Å². The Morgan fingerprint density at radius 2 is 0.732 bits per heavy atom. The molecule has 0 heterocycles. The van der Waals surface area contributed by atoms with E-state index in [2.05, 4.69) is 27.7 Å². The van der Waals surface area contributed by atoms with Crippen molar-refractivity contribution in [1.29, 1.82) is 0 Å². The third kappa shape index (κ3) is 21.0. The predicted molar refractivity (Wildman–Crippen MR) is 168 cm³/mol. The molecule has 7 nitrogen and oxygen atoms in total. The second kappa shape index (κ2) is 27.7. The molecule has 0 aromatic carbocycles. The number of allylic oxidation sites excluding steroid dienone is 2. The molecule has 7 heteroatoms. The highest BCUT2D eigenvalue weighted by atomic mass is 16.6. The average Bonchev–Trinajstić information content (AvgIpc) is 2.98. The summed E-state index contributed by atoms with van der Waals surface area (Å²) < 4.78 is 14.9. The Bertz CT molecular complexity index is 698. The van der Waals surface area contributed by atoms with Crippen molar-refractivity contribution >= 4 is 23.9 Å². The van der Waals surface area contributed by atoms with E-state index in [0.717, 1.165) is 64.2 Å². The number of ether oxygens (including phenoxy) is 3. The Balaban J connectivity index is -0.000000530. The lowest BCUT2D eigenvalue weighted by atomic mass is 10.0. The molecule has 0 aromatic rings. The second-order valence-corrected chi connectivity index (χ2v) is 10.2. The number of esters is 4. The van der Waals surface area contributed by atoms with Crippen molar-refractivity contribution in [3.63, 3.8) is 0 Å². The van der Waals surface area contributed by atoms with Crippen molar-refractivity contribution in [1.82, 2.24) is 0 Å². The maximum atomic E-state index is 11.5. The summed E-state index contributed by atoms with van der Waals surface area (Å²) in [5, 5.41) is 0. The SMILES string of the molecule is CCC(=COC(=O)C(C)CC)CC.CCC(=COC(=O)C(C)CC)CC.CCC(CC)C(=O)OC(=O)C(CC)CC. The molecule has 0 radical (unpaired) electrons. The van der Waals surface area contributed by atoms with E-state index in [1.54, 1.807) is 12.5 Å². The fourth-order valence-corrected chi connectivity index (χ4v) is 3.19. The van der Waals surface area contributed by atoms with Gasteiger partial charge in [-0.05, 0) is 75.4 Å². The van der Waals surface area contributed by atoms with Gasteiger partial charge in [-0.15, -0.1) is 0 Å². The van der Waals surface area contributed by atoms with Gasteiger partial charge in [0.2, 0.25) is 0 Å². The van der Waals surface area contributed by atoms with E-state index < -0.39 is 0 Å². The maximum Gasteiger partial charge on any atom is 0.316 e. The molecule has 0 bridgehead atoms. The highest BCUT2D eigenvalue weighted by Crippen LogP contribution is 2.15. The zero-order valence-electron chi connectivity index (χ0n) is 28.4. The van der Waals surface area contributed by atoms with Crippen LogP contribution in [0.5, 0.6) is 0 Å². The van der Waals surface area contributed by atoms with Crippen LogP contribution in [0.3, 0.4) is 0 Å². The molecule has 0 aliphatic carbocycles. The summed E-state index contributed by atoms with van der Waals surface area (Å²) in [6, 6.07) is 0.